The average molecular weight is 409 g/mol. The SMILES string of the molecule is O=C(NCc1ccon1)C1CCCN(C2CCN(C3Cc4ccccc4C3)CC2)C1. The molecule has 0 radical (unpaired) electrons. The molecule has 2 aliphatic heterocycles. The summed E-state index contributed by atoms with van der Waals surface area (Å²) in [5, 5.41) is 6.90. The molecule has 0 spiro atoms. The second-order valence-electron chi connectivity index (χ2n) is 9.14. The first-order valence-electron chi connectivity index (χ1n) is 11.5. The lowest BCUT2D eigenvalue weighted by molar-refractivity contribution is -0.127. The van der Waals surface area contributed by atoms with E-state index in [0.717, 1.165) is 31.6 Å². The molecule has 2 aromatic rings. The van der Waals surface area contributed by atoms with Crippen LogP contribution in [0.3, 0.4) is 0 Å². The van der Waals surface area contributed by atoms with Crippen molar-refractivity contribution < 1.29 is 9.32 Å². The van der Waals surface area contributed by atoms with Crippen LogP contribution in [0.4, 0.5) is 0 Å². The topological polar surface area (TPSA) is 61.6 Å². The van der Waals surface area contributed by atoms with E-state index in [-0.39, 0.29) is 11.8 Å². The maximum absolute atomic E-state index is 12.7. The van der Waals surface area contributed by atoms with Gasteiger partial charge in [-0.3, -0.25) is 14.6 Å². The summed E-state index contributed by atoms with van der Waals surface area (Å²) in [7, 11) is 0. The van der Waals surface area contributed by atoms with E-state index in [1.165, 1.54) is 38.8 Å². The Morgan fingerprint density at radius 1 is 1.00 bits per heavy atom. The number of rotatable bonds is 5. The van der Waals surface area contributed by atoms with Crippen molar-refractivity contribution in [3.8, 4) is 0 Å². The number of carbonyl (C=O) groups is 1. The standard InChI is InChI=1S/C24H32N4O2/c29-24(25-16-21-9-13-30-26-21)20-6-3-10-28(17-20)22-7-11-27(12-8-22)23-14-18-4-1-2-5-19(18)15-23/h1-2,4-5,9,13,20,22-23H,3,6-8,10-12,14-17H2,(H,25,29). The van der Waals surface area contributed by atoms with Crippen LogP contribution in [0.5, 0.6) is 0 Å². The first kappa shape index (κ1) is 19.8. The summed E-state index contributed by atoms with van der Waals surface area (Å²) in [6.07, 6.45) is 8.50. The monoisotopic (exact) mass is 408 g/mol. The Morgan fingerprint density at radius 3 is 2.47 bits per heavy atom. The molecular formula is C24H32N4O2. The van der Waals surface area contributed by atoms with E-state index >= 15 is 0 Å². The van der Waals surface area contributed by atoms with Crippen LogP contribution in [0.2, 0.25) is 0 Å². The van der Waals surface area contributed by atoms with Crippen LogP contribution in [0, 0.1) is 5.92 Å². The van der Waals surface area contributed by atoms with Crippen LogP contribution in [0.1, 0.15) is 42.5 Å². The minimum Gasteiger partial charge on any atom is -0.364 e. The molecule has 1 N–H and O–H groups in total. The summed E-state index contributed by atoms with van der Waals surface area (Å²) in [5.41, 5.74) is 3.86. The Kier molecular flexibility index (Phi) is 5.86. The molecule has 3 aliphatic rings. The molecule has 6 heteroatoms. The van der Waals surface area contributed by atoms with E-state index in [2.05, 4.69) is 44.5 Å². The van der Waals surface area contributed by atoms with E-state index in [4.69, 9.17) is 4.52 Å². The minimum absolute atomic E-state index is 0.0908. The third kappa shape index (κ3) is 4.30. The normalized spacial score (nSPS) is 24.1. The van der Waals surface area contributed by atoms with Gasteiger partial charge in [-0.2, -0.15) is 0 Å². The highest BCUT2D eigenvalue weighted by Crippen LogP contribution is 2.29. The Bertz CT molecular complexity index is 820. The van der Waals surface area contributed by atoms with Crippen LogP contribution in [0.25, 0.3) is 0 Å². The third-order valence-corrected chi connectivity index (χ3v) is 7.32. The van der Waals surface area contributed by atoms with Crippen molar-refractivity contribution in [2.75, 3.05) is 26.2 Å². The summed E-state index contributed by atoms with van der Waals surface area (Å²) in [6, 6.07) is 12.0. The van der Waals surface area contributed by atoms with Crippen LogP contribution < -0.4 is 5.32 Å². The fraction of sp³-hybridized carbons (Fsp3) is 0.583. The molecule has 1 atom stereocenters. The lowest BCUT2D eigenvalue weighted by Crippen LogP contribution is -2.52. The molecule has 1 aliphatic carbocycles. The molecule has 2 saturated heterocycles. The van der Waals surface area contributed by atoms with E-state index in [9.17, 15) is 4.79 Å². The number of hydrogen-bond donors (Lipinski definition) is 1. The Morgan fingerprint density at radius 2 is 1.77 bits per heavy atom. The molecular weight excluding hydrogens is 376 g/mol. The van der Waals surface area contributed by atoms with Gasteiger partial charge in [-0.05, 0) is 69.3 Å². The second kappa shape index (κ2) is 8.90. The highest BCUT2D eigenvalue weighted by molar-refractivity contribution is 5.78. The molecule has 1 aromatic heterocycles. The number of nitrogens with one attached hydrogen (secondary N) is 1. The highest BCUT2D eigenvalue weighted by atomic mass is 16.5. The quantitative estimate of drug-likeness (QED) is 0.824. The van der Waals surface area contributed by atoms with Gasteiger partial charge in [0.05, 0.1) is 12.5 Å². The average Bonchev–Trinajstić information content (AvgIpc) is 3.47. The molecule has 1 aromatic carbocycles. The lowest BCUT2D eigenvalue weighted by atomic mass is 9.92. The van der Waals surface area contributed by atoms with Gasteiger partial charge in [-0.15, -0.1) is 0 Å². The number of likely N-dealkylation sites (tertiary alicyclic amines) is 2. The first-order chi connectivity index (χ1) is 14.8. The summed E-state index contributed by atoms with van der Waals surface area (Å²) >= 11 is 0. The minimum atomic E-state index is 0.0908. The van der Waals surface area contributed by atoms with Gasteiger partial charge >= 0.3 is 0 Å². The van der Waals surface area contributed by atoms with Gasteiger partial charge in [0.15, 0.2) is 0 Å². The zero-order valence-corrected chi connectivity index (χ0v) is 17.6. The molecule has 2 fully saturated rings. The van der Waals surface area contributed by atoms with Crippen molar-refractivity contribution in [3.63, 3.8) is 0 Å². The van der Waals surface area contributed by atoms with E-state index in [1.54, 1.807) is 23.5 Å². The van der Waals surface area contributed by atoms with Gasteiger partial charge in [0.25, 0.3) is 0 Å². The Balaban J connectivity index is 1.10. The molecule has 30 heavy (non-hydrogen) atoms. The van der Waals surface area contributed by atoms with Gasteiger partial charge in [0.1, 0.15) is 12.0 Å². The number of piperidine rings is 2. The van der Waals surface area contributed by atoms with E-state index in [0.29, 0.717) is 18.6 Å². The third-order valence-electron chi connectivity index (χ3n) is 7.32. The molecule has 6 nitrogen and oxygen atoms in total. The number of benzene rings is 1. The maximum Gasteiger partial charge on any atom is 0.224 e. The van der Waals surface area contributed by atoms with Crippen molar-refractivity contribution >= 4 is 5.91 Å². The van der Waals surface area contributed by atoms with Crippen LogP contribution in [0.15, 0.2) is 41.1 Å². The zero-order valence-electron chi connectivity index (χ0n) is 17.6. The molecule has 1 unspecified atom stereocenters. The van der Waals surface area contributed by atoms with E-state index in [1.807, 2.05) is 0 Å². The van der Waals surface area contributed by atoms with Crippen molar-refractivity contribution in [2.24, 2.45) is 5.92 Å². The Hall–Kier alpha value is -2.18. The van der Waals surface area contributed by atoms with Gasteiger partial charge in [-0.25, -0.2) is 0 Å². The molecule has 3 heterocycles. The number of hydrogen-bond acceptors (Lipinski definition) is 5. The predicted molar refractivity (Wildman–Crippen MR) is 115 cm³/mol. The smallest absolute Gasteiger partial charge is 0.224 e. The van der Waals surface area contributed by atoms with Crippen LogP contribution in [-0.4, -0.2) is 59.1 Å². The fourth-order valence-corrected chi connectivity index (χ4v) is 5.61. The molecule has 0 bridgehead atoms. The summed E-state index contributed by atoms with van der Waals surface area (Å²) in [5.74, 6) is 0.247. The largest absolute Gasteiger partial charge is 0.364 e. The summed E-state index contributed by atoms with van der Waals surface area (Å²) < 4.78 is 4.84. The van der Waals surface area contributed by atoms with E-state index < -0.39 is 0 Å². The lowest BCUT2D eigenvalue weighted by Gasteiger charge is -2.43. The Labute approximate surface area is 178 Å². The van der Waals surface area contributed by atoms with Crippen molar-refractivity contribution in [1.29, 1.82) is 0 Å². The number of fused-ring (bicyclic) bond motifs is 1. The highest BCUT2D eigenvalue weighted by Gasteiger charge is 2.34. The molecule has 5 rings (SSSR count). The summed E-state index contributed by atoms with van der Waals surface area (Å²) in [6.45, 7) is 4.84. The number of carbonyl (C=O) groups excluding carboxylic acids is 1. The number of nitrogens with zero attached hydrogens (tertiary/aromatic N) is 3. The van der Waals surface area contributed by atoms with Gasteiger partial charge in [-0.1, -0.05) is 29.4 Å². The van der Waals surface area contributed by atoms with Crippen LogP contribution >= 0.6 is 0 Å². The molecule has 160 valence electrons. The fourth-order valence-electron chi connectivity index (χ4n) is 5.61. The van der Waals surface area contributed by atoms with Crippen molar-refractivity contribution in [2.45, 2.75) is 57.2 Å². The molecule has 0 saturated carbocycles. The predicted octanol–water partition coefficient (Wildman–Crippen LogP) is 2.63. The zero-order chi connectivity index (χ0) is 20.3. The van der Waals surface area contributed by atoms with Gasteiger partial charge in [0.2, 0.25) is 5.91 Å². The van der Waals surface area contributed by atoms with Gasteiger partial charge < -0.3 is 9.84 Å². The van der Waals surface area contributed by atoms with Crippen molar-refractivity contribution in [1.82, 2.24) is 20.3 Å². The first-order valence-corrected chi connectivity index (χ1v) is 11.5. The van der Waals surface area contributed by atoms with Crippen LogP contribution in [-0.2, 0) is 24.2 Å². The summed E-state index contributed by atoms with van der Waals surface area (Å²) in [4.78, 5) is 17.9. The second-order valence-corrected chi connectivity index (χ2v) is 9.14. The molecule has 1 amide bonds. The number of amides is 1. The maximum atomic E-state index is 12.7. The number of aromatic nitrogens is 1. The van der Waals surface area contributed by atoms with Gasteiger partial charge in [0, 0.05) is 24.7 Å². The van der Waals surface area contributed by atoms with Crippen molar-refractivity contribution in [3.05, 3.63) is 53.4 Å².